The van der Waals surface area contributed by atoms with E-state index in [1.165, 1.54) is 11.5 Å². The van der Waals surface area contributed by atoms with Gasteiger partial charge in [0.25, 0.3) is 0 Å². The van der Waals surface area contributed by atoms with Crippen molar-refractivity contribution in [3.8, 4) is 5.82 Å². The minimum atomic E-state index is -0.0633. The summed E-state index contributed by atoms with van der Waals surface area (Å²) < 4.78 is 6.18. The van der Waals surface area contributed by atoms with Gasteiger partial charge in [-0.3, -0.25) is 4.57 Å². The lowest BCUT2D eigenvalue weighted by molar-refractivity contribution is 0.194. The van der Waals surface area contributed by atoms with Gasteiger partial charge in [0, 0.05) is 74.8 Å². The molecule has 1 aliphatic heterocycles. The Labute approximate surface area is 167 Å². The molecule has 2 amide bonds. The molecule has 4 rings (SSSR count). The number of rotatable bonds is 5. The van der Waals surface area contributed by atoms with Crippen molar-refractivity contribution in [2.45, 2.75) is 19.9 Å². The fourth-order valence-corrected chi connectivity index (χ4v) is 3.89. The number of hydrogen-bond acceptors (Lipinski definition) is 7. The normalized spacial score (nSPS) is 14.3. The zero-order chi connectivity index (χ0) is 19.3. The van der Waals surface area contributed by atoms with Crippen LogP contribution in [-0.4, -0.2) is 61.0 Å². The Bertz CT molecular complexity index is 917. The van der Waals surface area contributed by atoms with Gasteiger partial charge in [-0.15, -0.1) is 0 Å². The van der Waals surface area contributed by atoms with Crippen molar-refractivity contribution in [2.24, 2.45) is 0 Å². The second-order valence-electron chi connectivity index (χ2n) is 6.44. The molecule has 0 radical (unpaired) electrons. The molecule has 3 aromatic rings. The number of urea groups is 1. The van der Waals surface area contributed by atoms with E-state index < -0.39 is 0 Å². The molecule has 9 nitrogen and oxygen atoms in total. The van der Waals surface area contributed by atoms with E-state index >= 15 is 0 Å². The number of carbonyl (C=O) groups is 1. The number of carbonyl (C=O) groups excluding carboxylic acids is 1. The Morgan fingerprint density at radius 2 is 2.11 bits per heavy atom. The SMILES string of the molecule is CCc1nsc(N2CCN(C(=O)NCc3cccnc3-n3ccnc3)CC2)n1. The van der Waals surface area contributed by atoms with Crippen LogP contribution in [0.1, 0.15) is 18.3 Å². The third-order valence-electron chi connectivity index (χ3n) is 4.66. The maximum Gasteiger partial charge on any atom is 0.317 e. The van der Waals surface area contributed by atoms with Crippen molar-refractivity contribution in [3.63, 3.8) is 0 Å². The first-order chi connectivity index (χ1) is 13.7. The maximum atomic E-state index is 12.6. The number of hydrogen-bond donors (Lipinski definition) is 1. The molecule has 0 aliphatic carbocycles. The van der Waals surface area contributed by atoms with Crippen molar-refractivity contribution < 1.29 is 4.79 Å². The summed E-state index contributed by atoms with van der Waals surface area (Å²) >= 11 is 1.43. The van der Waals surface area contributed by atoms with Gasteiger partial charge in [-0.2, -0.15) is 4.37 Å². The first-order valence-electron chi connectivity index (χ1n) is 9.27. The molecule has 0 spiro atoms. The molecule has 1 saturated heterocycles. The molecule has 0 aromatic carbocycles. The van der Waals surface area contributed by atoms with E-state index in [9.17, 15) is 4.79 Å². The summed E-state index contributed by atoms with van der Waals surface area (Å²) in [5, 5.41) is 3.95. The summed E-state index contributed by atoms with van der Waals surface area (Å²) in [6.07, 6.45) is 7.82. The van der Waals surface area contributed by atoms with Gasteiger partial charge in [0.05, 0.1) is 0 Å². The van der Waals surface area contributed by atoms with Gasteiger partial charge in [0.1, 0.15) is 18.0 Å². The Hall–Kier alpha value is -3.01. The van der Waals surface area contributed by atoms with E-state index in [-0.39, 0.29) is 6.03 Å². The first kappa shape index (κ1) is 18.4. The van der Waals surface area contributed by atoms with Crippen LogP contribution in [0.4, 0.5) is 9.93 Å². The molecule has 146 valence electrons. The van der Waals surface area contributed by atoms with Crippen molar-refractivity contribution in [3.05, 3.63) is 48.4 Å². The lowest BCUT2D eigenvalue weighted by Gasteiger charge is -2.34. The Morgan fingerprint density at radius 3 is 2.82 bits per heavy atom. The second kappa shape index (κ2) is 8.34. The number of aryl methyl sites for hydroxylation is 1. The predicted octanol–water partition coefficient (Wildman–Crippen LogP) is 1.71. The molecule has 1 fully saturated rings. The van der Waals surface area contributed by atoms with Crippen LogP contribution in [0.3, 0.4) is 0 Å². The molecule has 0 bridgehead atoms. The average molecular weight is 398 g/mol. The number of anilines is 1. The van der Waals surface area contributed by atoms with Gasteiger partial charge in [0.2, 0.25) is 5.13 Å². The lowest BCUT2D eigenvalue weighted by atomic mass is 10.2. The Balaban J connectivity index is 1.32. The van der Waals surface area contributed by atoms with Gasteiger partial charge in [0.15, 0.2) is 0 Å². The summed E-state index contributed by atoms with van der Waals surface area (Å²) in [7, 11) is 0. The Morgan fingerprint density at radius 1 is 1.25 bits per heavy atom. The van der Waals surface area contributed by atoms with E-state index in [0.29, 0.717) is 19.6 Å². The Kier molecular flexibility index (Phi) is 5.47. The van der Waals surface area contributed by atoms with Crippen LogP contribution in [-0.2, 0) is 13.0 Å². The van der Waals surface area contributed by atoms with Gasteiger partial charge in [-0.05, 0) is 6.07 Å². The highest BCUT2D eigenvalue weighted by Gasteiger charge is 2.23. The van der Waals surface area contributed by atoms with Crippen molar-refractivity contribution in [1.29, 1.82) is 0 Å². The zero-order valence-electron chi connectivity index (χ0n) is 15.7. The van der Waals surface area contributed by atoms with E-state index in [1.54, 1.807) is 18.7 Å². The van der Waals surface area contributed by atoms with E-state index in [4.69, 9.17) is 0 Å². The van der Waals surface area contributed by atoms with Gasteiger partial charge in [-0.25, -0.2) is 19.7 Å². The van der Waals surface area contributed by atoms with Crippen LogP contribution in [0.15, 0.2) is 37.1 Å². The smallest absolute Gasteiger partial charge is 0.317 e. The summed E-state index contributed by atoms with van der Waals surface area (Å²) in [5.41, 5.74) is 0.938. The number of nitrogens with one attached hydrogen (secondary N) is 1. The quantitative estimate of drug-likeness (QED) is 0.703. The van der Waals surface area contributed by atoms with Crippen LogP contribution in [0.5, 0.6) is 0 Å². The molecule has 1 N–H and O–H groups in total. The summed E-state index contributed by atoms with van der Waals surface area (Å²) in [6.45, 7) is 5.31. The fourth-order valence-electron chi connectivity index (χ4n) is 3.09. The molecular formula is C18H22N8OS. The van der Waals surface area contributed by atoms with Crippen LogP contribution in [0.25, 0.3) is 5.82 Å². The number of pyridine rings is 1. The van der Waals surface area contributed by atoms with Crippen molar-refractivity contribution >= 4 is 22.7 Å². The van der Waals surface area contributed by atoms with Crippen LogP contribution >= 0.6 is 11.5 Å². The van der Waals surface area contributed by atoms with Crippen LogP contribution in [0.2, 0.25) is 0 Å². The minimum Gasteiger partial charge on any atom is -0.343 e. The summed E-state index contributed by atoms with van der Waals surface area (Å²) in [4.78, 5) is 29.6. The molecule has 10 heteroatoms. The molecule has 3 aromatic heterocycles. The average Bonchev–Trinajstić information content (AvgIpc) is 3.44. The van der Waals surface area contributed by atoms with Gasteiger partial charge < -0.3 is 15.1 Å². The molecule has 0 atom stereocenters. The second-order valence-corrected chi connectivity index (χ2v) is 7.17. The number of nitrogens with zero attached hydrogens (tertiary/aromatic N) is 7. The fraction of sp³-hybridized carbons (Fsp3) is 0.389. The van der Waals surface area contributed by atoms with Crippen LogP contribution in [0, 0.1) is 0 Å². The topological polar surface area (TPSA) is 92.1 Å². The van der Waals surface area contributed by atoms with E-state index in [1.807, 2.05) is 27.8 Å². The summed E-state index contributed by atoms with van der Waals surface area (Å²) in [5.74, 6) is 1.65. The molecular weight excluding hydrogens is 376 g/mol. The molecule has 4 heterocycles. The number of imidazole rings is 1. The highest BCUT2D eigenvalue weighted by molar-refractivity contribution is 7.09. The molecule has 0 unspecified atom stereocenters. The lowest BCUT2D eigenvalue weighted by Crippen LogP contribution is -2.51. The monoisotopic (exact) mass is 398 g/mol. The third kappa shape index (κ3) is 3.96. The van der Waals surface area contributed by atoms with E-state index in [0.717, 1.165) is 41.8 Å². The third-order valence-corrected chi connectivity index (χ3v) is 5.47. The van der Waals surface area contributed by atoms with Crippen molar-refractivity contribution in [1.82, 2.24) is 34.1 Å². The molecule has 1 aliphatic rings. The van der Waals surface area contributed by atoms with Crippen LogP contribution < -0.4 is 10.2 Å². The number of aromatic nitrogens is 5. The zero-order valence-corrected chi connectivity index (χ0v) is 16.5. The van der Waals surface area contributed by atoms with Crippen molar-refractivity contribution in [2.75, 3.05) is 31.1 Å². The number of amides is 2. The minimum absolute atomic E-state index is 0.0633. The first-order valence-corrected chi connectivity index (χ1v) is 10.0. The highest BCUT2D eigenvalue weighted by atomic mass is 32.1. The number of piperazine rings is 1. The van der Waals surface area contributed by atoms with Gasteiger partial charge >= 0.3 is 6.03 Å². The molecule has 0 saturated carbocycles. The predicted molar refractivity (Wildman–Crippen MR) is 107 cm³/mol. The highest BCUT2D eigenvalue weighted by Crippen LogP contribution is 2.19. The molecule has 28 heavy (non-hydrogen) atoms. The maximum absolute atomic E-state index is 12.6. The van der Waals surface area contributed by atoms with Gasteiger partial charge in [-0.1, -0.05) is 13.0 Å². The standard InChI is InChI=1S/C18H22N8OS/c1-2-15-22-18(28-23-15)25-10-8-24(9-11-25)17(27)21-12-14-4-3-5-20-16(14)26-7-6-19-13-26/h3-7,13H,2,8-12H2,1H3,(H,21,27). The summed E-state index contributed by atoms with van der Waals surface area (Å²) in [6, 6.07) is 3.76. The largest absolute Gasteiger partial charge is 0.343 e. The van der Waals surface area contributed by atoms with E-state index in [2.05, 4.69) is 36.5 Å².